The predicted molar refractivity (Wildman–Crippen MR) is 103 cm³/mol. The molecule has 8 heteroatoms. The SMILES string of the molecule is CCC(C)n1c(=O)c2c(-c3noc(C4(OC)CC4)n3)ncn2c2ccccc21. The summed E-state index contributed by atoms with van der Waals surface area (Å²) in [6, 6.07) is 7.89. The third kappa shape index (κ3) is 2.27. The maximum absolute atomic E-state index is 13.5. The molecule has 1 aliphatic carbocycles. The van der Waals surface area contributed by atoms with Gasteiger partial charge in [0.1, 0.15) is 23.1 Å². The number of nitrogens with zero attached hydrogens (tertiary/aromatic N) is 5. The first-order valence-electron chi connectivity index (χ1n) is 9.49. The Hall–Kier alpha value is -3.00. The van der Waals surface area contributed by atoms with Gasteiger partial charge in [-0.1, -0.05) is 24.2 Å². The van der Waals surface area contributed by atoms with Crippen molar-refractivity contribution < 1.29 is 9.26 Å². The number of imidazole rings is 1. The molecule has 3 aromatic heterocycles. The first kappa shape index (κ1) is 17.1. The lowest BCUT2D eigenvalue weighted by Crippen LogP contribution is -2.25. The van der Waals surface area contributed by atoms with Crippen molar-refractivity contribution in [3.8, 4) is 11.5 Å². The third-order valence-corrected chi connectivity index (χ3v) is 5.74. The van der Waals surface area contributed by atoms with Gasteiger partial charge < -0.3 is 13.8 Å². The Balaban J connectivity index is 1.78. The molecule has 28 heavy (non-hydrogen) atoms. The number of rotatable bonds is 5. The second-order valence-electron chi connectivity index (χ2n) is 7.35. The van der Waals surface area contributed by atoms with Crippen LogP contribution in [-0.2, 0) is 10.3 Å². The van der Waals surface area contributed by atoms with Crippen LogP contribution in [0.1, 0.15) is 45.0 Å². The molecule has 1 aromatic carbocycles. The lowest BCUT2D eigenvalue weighted by molar-refractivity contribution is 0.0492. The van der Waals surface area contributed by atoms with Gasteiger partial charge >= 0.3 is 0 Å². The molecule has 0 saturated heterocycles. The van der Waals surface area contributed by atoms with Gasteiger partial charge in [-0.2, -0.15) is 4.98 Å². The molecule has 0 amide bonds. The highest BCUT2D eigenvalue weighted by atomic mass is 16.5. The van der Waals surface area contributed by atoms with Crippen LogP contribution in [0, 0.1) is 0 Å². The summed E-state index contributed by atoms with van der Waals surface area (Å²) in [4.78, 5) is 22.4. The lowest BCUT2D eigenvalue weighted by Gasteiger charge is -2.17. The maximum Gasteiger partial charge on any atom is 0.278 e. The highest BCUT2D eigenvalue weighted by molar-refractivity contribution is 5.83. The number of fused-ring (bicyclic) bond motifs is 3. The number of methoxy groups -OCH3 is 1. The van der Waals surface area contributed by atoms with Crippen LogP contribution in [0.3, 0.4) is 0 Å². The molecule has 0 radical (unpaired) electrons. The highest BCUT2D eigenvalue weighted by Gasteiger charge is 2.50. The van der Waals surface area contributed by atoms with Crippen LogP contribution in [0.2, 0.25) is 0 Å². The molecule has 0 bridgehead atoms. The van der Waals surface area contributed by atoms with Gasteiger partial charge in [0, 0.05) is 13.2 Å². The second-order valence-corrected chi connectivity index (χ2v) is 7.35. The summed E-state index contributed by atoms with van der Waals surface area (Å²) in [5.41, 5.74) is 2.08. The fourth-order valence-corrected chi connectivity index (χ4v) is 3.74. The summed E-state index contributed by atoms with van der Waals surface area (Å²) in [6.07, 6.45) is 4.18. The van der Waals surface area contributed by atoms with Gasteiger partial charge in [0.2, 0.25) is 5.82 Å². The van der Waals surface area contributed by atoms with Gasteiger partial charge in [-0.3, -0.25) is 9.20 Å². The largest absolute Gasteiger partial charge is 0.368 e. The second kappa shape index (κ2) is 6.00. The van der Waals surface area contributed by atoms with Gasteiger partial charge in [0.05, 0.1) is 11.0 Å². The van der Waals surface area contributed by atoms with Crippen LogP contribution in [-0.4, -0.2) is 31.2 Å². The average Bonchev–Trinajstić information content (AvgIpc) is 3.14. The zero-order valence-corrected chi connectivity index (χ0v) is 16.0. The molecule has 3 heterocycles. The van der Waals surface area contributed by atoms with Gasteiger partial charge in [0.15, 0.2) is 0 Å². The van der Waals surface area contributed by atoms with Crippen LogP contribution in [0.4, 0.5) is 0 Å². The average molecular weight is 379 g/mol. The van der Waals surface area contributed by atoms with E-state index in [0.29, 0.717) is 22.9 Å². The van der Waals surface area contributed by atoms with Gasteiger partial charge in [0.25, 0.3) is 11.4 Å². The molecule has 5 rings (SSSR count). The Morgan fingerprint density at radius 2 is 2.04 bits per heavy atom. The minimum absolute atomic E-state index is 0.0502. The molecule has 0 aliphatic heterocycles. The van der Waals surface area contributed by atoms with E-state index >= 15 is 0 Å². The van der Waals surface area contributed by atoms with E-state index in [9.17, 15) is 4.79 Å². The van der Waals surface area contributed by atoms with E-state index in [1.54, 1.807) is 13.4 Å². The topological polar surface area (TPSA) is 87.5 Å². The van der Waals surface area contributed by atoms with Crippen molar-refractivity contribution in [3.63, 3.8) is 0 Å². The van der Waals surface area contributed by atoms with Crippen molar-refractivity contribution in [1.29, 1.82) is 0 Å². The fourth-order valence-electron chi connectivity index (χ4n) is 3.74. The van der Waals surface area contributed by atoms with E-state index in [4.69, 9.17) is 9.26 Å². The van der Waals surface area contributed by atoms with E-state index in [0.717, 1.165) is 30.3 Å². The van der Waals surface area contributed by atoms with E-state index in [1.165, 1.54) is 0 Å². The highest BCUT2D eigenvalue weighted by Crippen LogP contribution is 2.48. The molecule has 144 valence electrons. The van der Waals surface area contributed by atoms with Crippen molar-refractivity contribution in [2.24, 2.45) is 0 Å². The quantitative estimate of drug-likeness (QED) is 0.529. The molecule has 1 fully saturated rings. The van der Waals surface area contributed by atoms with Crippen LogP contribution in [0.5, 0.6) is 0 Å². The third-order valence-electron chi connectivity index (χ3n) is 5.74. The zero-order chi connectivity index (χ0) is 19.5. The van der Waals surface area contributed by atoms with Crippen molar-refractivity contribution in [2.75, 3.05) is 7.11 Å². The van der Waals surface area contributed by atoms with Gasteiger partial charge in [-0.15, -0.1) is 0 Å². The van der Waals surface area contributed by atoms with Crippen LogP contribution in [0.25, 0.3) is 28.1 Å². The normalized spacial score (nSPS) is 16.7. The maximum atomic E-state index is 13.5. The first-order chi connectivity index (χ1) is 13.6. The van der Waals surface area contributed by atoms with Crippen LogP contribution < -0.4 is 5.56 Å². The molecule has 0 N–H and O–H groups in total. The summed E-state index contributed by atoms with van der Waals surface area (Å²) in [6.45, 7) is 4.11. The van der Waals surface area contributed by atoms with E-state index in [2.05, 4.69) is 22.0 Å². The zero-order valence-electron chi connectivity index (χ0n) is 16.0. The molecule has 4 aromatic rings. The Morgan fingerprint density at radius 1 is 1.29 bits per heavy atom. The Kier molecular flexibility index (Phi) is 3.67. The summed E-state index contributed by atoms with van der Waals surface area (Å²) < 4.78 is 14.6. The van der Waals surface area contributed by atoms with Crippen molar-refractivity contribution in [2.45, 2.75) is 44.8 Å². The fraction of sp³-hybridized carbons (Fsp3) is 0.400. The monoisotopic (exact) mass is 379 g/mol. The van der Waals surface area contributed by atoms with Crippen molar-refractivity contribution in [1.82, 2.24) is 24.1 Å². The number of ether oxygens (including phenoxy) is 1. The smallest absolute Gasteiger partial charge is 0.278 e. The van der Waals surface area contributed by atoms with Crippen molar-refractivity contribution in [3.05, 3.63) is 46.8 Å². The molecular weight excluding hydrogens is 358 g/mol. The van der Waals surface area contributed by atoms with Gasteiger partial charge in [-0.05, 0) is 38.3 Å². The van der Waals surface area contributed by atoms with Crippen LogP contribution in [0.15, 0.2) is 39.9 Å². The minimum Gasteiger partial charge on any atom is -0.368 e. The van der Waals surface area contributed by atoms with Gasteiger partial charge in [-0.25, -0.2) is 4.98 Å². The molecule has 0 spiro atoms. The van der Waals surface area contributed by atoms with Crippen LogP contribution >= 0.6 is 0 Å². The summed E-state index contributed by atoms with van der Waals surface area (Å²) in [5, 5.41) is 4.09. The minimum atomic E-state index is -0.482. The first-order valence-corrected chi connectivity index (χ1v) is 9.49. The molecular formula is C20H21N5O3. The summed E-state index contributed by atoms with van der Waals surface area (Å²) in [7, 11) is 1.64. The number of para-hydroxylation sites is 2. The number of hydrogen-bond acceptors (Lipinski definition) is 6. The standard InChI is InChI=1S/C20H21N5O3/c1-4-12(2)25-14-8-6-5-7-13(14)24-11-21-15(16(24)18(25)26)17-22-19(28-23-17)20(27-3)9-10-20/h5-8,11-12H,4,9-10H2,1-3H3. The lowest BCUT2D eigenvalue weighted by atomic mass is 10.2. The number of hydrogen-bond donors (Lipinski definition) is 0. The van der Waals surface area contributed by atoms with E-state index in [1.807, 2.05) is 40.2 Å². The molecule has 1 atom stereocenters. The number of aromatic nitrogens is 5. The van der Waals surface area contributed by atoms with E-state index in [-0.39, 0.29) is 11.6 Å². The Labute approximate surface area is 160 Å². The summed E-state index contributed by atoms with van der Waals surface area (Å²) in [5.74, 6) is 0.748. The van der Waals surface area contributed by atoms with E-state index < -0.39 is 5.60 Å². The molecule has 1 saturated carbocycles. The van der Waals surface area contributed by atoms with Crippen molar-refractivity contribution >= 4 is 16.6 Å². The molecule has 8 nitrogen and oxygen atoms in total. The predicted octanol–water partition coefficient (Wildman–Crippen LogP) is 3.31. The molecule has 1 aliphatic rings. The Morgan fingerprint density at radius 3 is 2.71 bits per heavy atom. The Bertz CT molecular complexity index is 1250. The molecule has 1 unspecified atom stereocenters. The number of benzene rings is 1. The summed E-state index contributed by atoms with van der Waals surface area (Å²) >= 11 is 0.